The van der Waals surface area contributed by atoms with Crippen LogP contribution in [0.3, 0.4) is 0 Å². The van der Waals surface area contributed by atoms with E-state index in [-0.39, 0.29) is 12.6 Å². The smallest absolute Gasteiger partial charge is 0.337 e. The van der Waals surface area contributed by atoms with Crippen molar-refractivity contribution < 1.29 is 14.3 Å². The van der Waals surface area contributed by atoms with Crippen LogP contribution in [0.2, 0.25) is 0 Å². The van der Waals surface area contributed by atoms with Crippen LogP contribution in [0.15, 0.2) is 16.4 Å². The van der Waals surface area contributed by atoms with Gasteiger partial charge in [-0.1, -0.05) is 31.0 Å². The Bertz CT molecular complexity index is 709. The number of ether oxygens (including phenoxy) is 1. The van der Waals surface area contributed by atoms with Crippen LogP contribution in [0.1, 0.15) is 50.9 Å². The number of aromatic nitrogens is 3. The molecule has 26 heavy (non-hydrogen) atoms. The largest absolute Gasteiger partial charge is 0.463 e. The quantitative estimate of drug-likeness (QED) is 0.581. The van der Waals surface area contributed by atoms with Crippen molar-refractivity contribution in [1.29, 1.82) is 0 Å². The van der Waals surface area contributed by atoms with E-state index in [9.17, 15) is 9.59 Å². The fraction of sp³-hybridized carbons (Fsp3) is 0.647. The molecule has 2 heterocycles. The highest BCUT2D eigenvalue weighted by Crippen LogP contribution is 2.33. The number of nitrogens with one attached hydrogen (secondary N) is 2. The van der Waals surface area contributed by atoms with E-state index in [2.05, 4.69) is 25.4 Å². The minimum Gasteiger partial charge on any atom is -0.463 e. The highest BCUT2D eigenvalue weighted by atomic mass is 32.2. The molecule has 0 unspecified atom stereocenters. The fourth-order valence-corrected chi connectivity index (χ4v) is 4.45. The van der Waals surface area contributed by atoms with Crippen LogP contribution in [-0.2, 0) is 9.53 Å². The Morgan fingerprint density at radius 3 is 2.81 bits per heavy atom. The maximum Gasteiger partial charge on any atom is 0.337 e. The summed E-state index contributed by atoms with van der Waals surface area (Å²) in [4.78, 5) is 23.8. The zero-order valence-electron chi connectivity index (χ0n) is 15.2. The van der Waals surface area contributed by atoms with Crippen LogP contribution in [0.5, 0.6) is 0 Å². The highest BCUT2D eigenvalue weighted by molar-refractivity contribution is 7.99. The standard InChI is InChI=1S/C17H25N5O3S/c1-3-25-15(23)13-9-18-16(24)19-14(13)10-26-17-21-20-11(2)22(17)12-7-5-4-6-8-12/h12H,3-10H2,1-2H3,(H2,18,19,24). The van der Waals surface area contributed by atoms with Gasteiger partial charge in [-0.25, -0.2) is 9.59 Å². The van der Waals surface area contributed by atoms with Crippen molar-refractivity contribution in [3.8, 4) is 0 Å². The number of nitrogens with zero attached hydrogens (tertiary/aromatic N) is 3. The number of esters is 1. The van der Waals surface area contributed by atoms with Gasteiger partial charge in [0.2, 0.25) is 0 Å². The highest BCUT2D eigenvalue weighted by Gasteiger charge is 2.25. The third-order valence-electron chi connectivity index (χ3n) is 4.70. The van der Waals surface area contributed by atoms with Crippen molar-refractivity contribution >= 4 is 23.8 Å². The van der Waals surface area contributed by atoms with E-state index in [4.69, 9.17) is 4.74 Å². The predicted octanol–water partition coefficient (Wildman–Crippen LogP) is 2.31. The number of urea groups is 1. The zero-order valence-corrected chi connectivity index (χ0v) is 16.0. The summed E-state index contributed by atoms with van der Waals surface area (Å²) >= 11 is 1.49. The second-order valence-electron chi connectivity index (χ2n) is 6.47. The van der Waals surface area contributed by atoms with E-state index in [1.165, 1.54) is 31.0 Å². The molecule has 0 aromatic carbocycles. The first-order chi connectivity index (χ1) is 12.6. The molecule has 8 nitrogen and oxygen atoms in total. The molecule has 2 aliphatic rings. The lowest BCUT2D eigenvalue weighted by atomic mass is 9.95. The Hall–Kier alpha value is -2.03. The Morgan fingerprint density at radius 2 is 2.08 bits per heavy atom. The van der Waals surface area contributed by atoms with Crippen molar-refractivity contribution in [1.82, 2.24) is 25.4 Å². The first-order valence-electron chi connectivity index (χ1n) is 9.08. The summed E-state index contributed by atoms with van der Waals surface area (Å²) in [6.07, 6.45) is 6.03. The van der Waals surface area contributed by atoms with Crippen molar-refractivity contribution in [2.24, 2.45) is 0 Å². The number of thioether (sulfide) groups is 1. The molecule has 1 fully saturated rings. The Labute approximate surface area is 157 Å². The van der Waals surface area contributed by atoms with Crippen LogP contribution in [0, 0.1) is 6.92 Å². The summed E-state index contributed by atoms with van der Waals surface area (Å²) in [6, 6.07) is 0.126. The zero-order chi connectivity index (χ0) is 18.5. The van der Waals surface area contributed by atoms with Crippen molar-refractivity contribution in [2.75, 3.05) is 18.9 Å². The minimum absolute atomic E-state index is 0.175. The lowest BCUT2D eigenvalue weighted by Crippen LogP contribution is -2.44. The third kappa shape index (κ3) is 4.20. The summed E-state index contributed by atoms with van der Waals surface area (Å²) in [7, 11) is 0. The molecule has 2 N–H and O–H groups in total. The molecule has 0 bridgehead atoms. The molecule has 0 saturated heterocycles. The van der Waals surface area contributed by atoms with Gasteiger partial charge in [-0.15, -0.1) is 10.2 Å². The summed E-state index contributed by atoms with van der Waals surface area (Å²) in [5.74, 6) is 0.945. The Balaban J connectivity index is 1.76. The minimum atomic E-state index is -0.402. The van der Waals surface area contributed by atoms with Crippen molar-refractivity contribution in [3.05, 3.63) is 17.1 Å². The molecule has 9 heteroatoms. The molecule has 1 aliphatic heterocycles. The van der Waals surface area contributed by atoms with Gasteiger partial charge in [0.15, 0.2) is 5.16 Å². The van der Waals surface area contributed by atoms with Gasteiger partial charge in [0, 0.05) is 17.5 Å². The van der Waals surface area contributed by atoms with E-state index in [1.807, 2.05) is 6.92 Å². The van der Waals surface area contributed by atoms with Gasteiger partial charge in [0.1, 0.15) is 5.82 Å². The molecule has 1 aromatic heterocycles. The van der Waals surface area contributed by atoms with Crippen molar-refractivity contribution in [2.45, 2.75) is 57.1 Å². The molecular weight excluding hydrogens is 354 g/mol. The lowest BCUT2D eigenvalue weighted by Gasteiger charge is -2.25. The molecule has 0 spiro atoms. The second kappa shape index (κ2) is 8.57. The first-order valence-corrected chi connectivity index (χ1v) is 10.1. The Morgan fingerprint density at radius 1 is 1.31 bits per heavy atom. The topological polar surface area (TPSA) is 98.1 Å². The van der Waals surface area contributed by atoms with E-state index >= 15 is 0 Å². The van der Waals surface area contributed by atoms with Crippen LogP contribution in [-0.4, -0.2) is 45.7 Å². The van der Waals surface area contributed by atoms with Gasteiger partial charge >= 0.3 is 12.0 Å². The molecule has 0 atom stereocenters. The number of carbonyl (C=O) groups is 2. The molecule has 2 amide bonds. The molecular formula is C17H25N5O3S. The molecule has 1 aliphatic carbocycles. The van der Waals surface area contributed by atoms with Crippen LogP contribution >= 0.6 is 11.8 Å². The van der Waals surface area contributed by atoms with Gasteiger partial charge in [-0.05, 0) is 26.7 Å². The molecule has 1 saturated carbocycles. The normalized spacial score (nSPS) is 18.5. The van der Waals surface area contributed by atoms with Gasteiger partial charge in [0.05, 0.1) is 18.7 Å². The van der Waals surface area contributed by atoms with E-state index < -0.39 is 5.97 Å². The second-order valence-corrected chi connectivity index (χ2v) is 7.41. The SMILES string of the molecule is CCOC(=O)C1=C(CSc2nnc(C)n2C2CCCCC2)NC(=O)NC1. The summed E-state index contributed by atoms with van der Waals surface area (Å²) in [5.41, 5.74) is 1.03. The van der Waals surface area contributed by atoms with Crippen LogP contribution in [0.25, 0.3) is 0 Å². The van der Waals surface area contributed by atoms with Crippen LogP contribution < -0.4 is 10.6 Å². The maximum atomic E-state index is 12.1. The summed E-state index contributed by atoms with van der Waals surface area (Å²) in [6.45, 7) is 4.21. The lowest BCUT2D eigenvalue weighted by molar-refractivity contribution is -0.138. The molecule has 3 rings (SSSR count). The number of rotatable bonds is 6. The molecule has 142 valence electrons. The van der Waals surface area contributed by atoms with E-state index in [1.54, 1.807) is 6.92 Å². The summed E-state index contributed by atoms with van der Waals surface area (Å²) < 4.78 is 7.30. The average molecular weight is 379 g/mol. The summed E-state index contributed by atoms with van der Waals surface area (Å²) in [5, 5.41) is 14.7. The van der Waals surface area contributed by atoms with E-state index in [0.29, 0.717) is 29.7 Å². The van der Waals surface area contributed by atoms with Gasteiger partial charge in [0.25, 0.3) is 0 Å². The predicted molar refractivity (Wildman–Crippen MR) is 97.8 cm³/mol. The number of aryl methyl sites for hydroxylation is 1. The fourth-order valence-electron chi connectivity index (χ4n) is 3.41. The van der Waals surface area contributed by atoms with Gasteiger partial charge < -0.3 is 19.9 Å². The molecule has 0 radical (unpaired) electrons. The third-order valence-corrected chi connectivity index (χ3v) is 5.67. The maximum absolute atomic E-state index is 12.1. The monoisotopic (exact) mass is 379 g/mol. The number of hydrogen-bond donors (Lipinski definition) is 2. The number of hydrogen-bond acceptors (Lipinski definition) is 6. The van der Waals surface area contributed by atoms with Gasteiger partial charge in [-0.3, -0.25) is 0 Å². The number of amides is 2. The molecule has 1 aromatic rings. The van der Waals surface area contributed by atoms with E-state index in [0.717, 1.165) is 23.8 Å². The van der Waals surface area contributed by atoms with Crippen molar-refractivity contribution in [3.63, 3.8) is 0 Å². The van der Waals surface area contributed by atoms with Crippen LogP contribution in [0.4, 0.5) is 4.79 Å². The number of carbonyl (C=O) groups excluding carboxylic acids is 2. The van der Waals surface area contributed by atoms with Gasteiger partial charge in [-0.2, -0.15) is 0 Å². The Kier molecular flexibility index (Phi) is 6.18. The average Bonchev–Trinajstić information content (AvgIpc) is 3.01. The first kappa shape index (κ1) is 18.8.